The third kappa shape index (κ3) is 2.63. The van der Waals surface area contributed by atoms with Gasteiger partial charge in [-0.2, -0.15) is 0 Å². The third-order valence-corrected chi connectivity index (χ3v) is 2.53. The molecule has 1 heterocycles. The highest BCUT2D eigenvalue weighted by Gasteiger charge is 2.08. The Morgan fingerprint density at radius 1 is 1.39 bits per heavy atom. The van der Waals surface area contributed by atoms with Gasteiger partial charge < -0.3 is 10.1 Å². The summed E-state index contributed by atoms with van der Waals surface area (Å²) in [6, 6.07) is 8.66. The Hall–Kier alpha value is -2.43. The highest BCUT2D eigenvalue weighted by molar-refractivity contribution is 5.70. The van der Waals surface area contributed by atoms with Gasteiger partial charge in [-0.25, -0.2) is 4.98 Å². The molecule has 2 rings (SSSR count). The lowest BCUT2D eigenvalue weighted by molar-refractivity contribution is -0.136. The molecule has 0 saturated carbocycles. The Balaban J connectivity index is 2.52. The summed E-state index contributed by atoms with van der Waals surface area (Å²) in [6.07, 6.45) is -0.261. The van der Waals surface area contributed by atoms with Crippen LogP contribution < -0.4 is 5.56 Å². The summed E-state index contributed by atoms with van der Waals surface area (Å²) in [6.45, 7) is 1.90. The van der Waals surface area contributed by atoms with Gasteiger partial charge in [0.05, 0.1) is 12.1 Å². The lowest BCUT2D eigenvalue weighted by Crippen LogP contribution is -2.13. The molecule has 0 amide bonds. The number of hydrogen-bond donors (Lipinski definition) is 2. The molecule has 0 atom stereocenters. The molecule has 0 aliphatic rings. The molecular weight excluding hydrogens is 232 g/mol. The van der Waals surface area contributed by atoms with Crippen LogP contribution in [0.25, 0.3) is 11.4 Å². The molecule has 5 heteroatoms. The Morgan fingerprint density at radius 2 is 2.11 bits per heavy atom. The Kier molecular flexibility index (Phi) is 3.23. The van der Waals surface area contributed by atoms with Gasteiger partial charge in [0.25, 0.3) is 5.56 Å². The number of aromatic nitrogens is 2. The van der Waals surface area contributed by atoms with Crippen LogP contribution >= 0.6 is 0 Å². The zero-order valence-electron chi connectivity index (χ0n) is 9.80. The van der Waals surface area contributed by atoms with Crippen LogP contribution in [0.2, 0.25) is 0 Å². The quantitative estimate of drug-likeness (QED) is 0.854. The van der Waals surface area contributed by atoms with E-state index in [0.29, 0.717) is 5.82 Å². The van der Waals surface area contributed by atoms with Crippen molar-refractivity contribution in [2.75, 3.05) is 0 Å². The summed E-state index contributed by atoms with van der Waals surface area (Å²) >= 11 is 0. The second kappa shape index (κ2) is 4.83. The van der Waals surface area contributed by atoms with Crippen LogP contribution in [-0.4, -0.2) is 21.0 Å². The van der Waals surface area contributed by atoms with Crippen molar-refractivity contribution in [2.24, 2.45) is 0 Å². The monoisotopic (exact) mass is 244 g/mol. The fourth-order valence-corrected chi connectivity index (χ4v) is 1.72. The van der Waals surface area contributed by atoms with Crippen molar-refractivity contribution in [1.82, 2.24) is 9.97 Å². The molecule has 0 saturated heterocycles. The molecule has 2 N–H and O–H groups in total. The zero-order chi connectivity index (χ0) is 13.1. The molecule has 0 fully saturated rings. The normalized spacial score (nSPS) is 10.3. The van der Waals surface area contributed by atoms with Gasteiger partial charge in [0.1, 0.15) is 5.82 Å². The first kappa shape index (κ1) is 12.0. The van der Waals surface area contributed by atoms with Crippen molar-refractivity contribution >= 4 is 5.97 Å². The summed E-state index contributed by atoms with van der Waals surface area (Å²) in [4.78, 5) is 28.9. The highest BCUT2D eigenvalue weighted by Crippen LogP contribution is 2.18. The number of rotatable bonds is 3. The number of carbonyl (C=O) groups is 1. The van der Waals surface area contributed by atoms with Crippen LogP contribution in [0.5, 0.6) is 0 Å². The van der Waals surface area contributed by atoms with Crippen molar-refractivity contribution in [2.45, 2.75) is 13.3 Å². The number of nitrogens with zero attached hydrogens (tertiary/aromatic N) is 1. The predicted octanol–water partition coefficient (Wildman–Crippen LogP) is 1.37. The molecule has 1 aromatic heterocycles. The molecule has 1 aromatic carbocycles. The second-order valence-electron chi connectivity index (χ2n) is 3.97. The number of carboxylic acid groups (broad SMARTS) is 1. The number of H-pyrrole nitrogens is 1. The lowest BCUT2D eigenvalue weighted by atomic mass is 10.1. The Bertz CT molecular complexity index is 647. The van der Waals surface area contributed by atoms with Crippen LogP contribution in [0.1, 0.15) is 11.3 Å². The maximum atomic E-state index is 11.5. The van der Waals surface area contributed by atoms with Crippen molar-refractivity contribution in [3.63, 3.8) is 0 Å². The van der Waals surface area contributed by atoms with E-state index in [4.69, 9.17) is 5.11 Å². The van der Waals surface area contributed by atoms with Crippen molar-refractivity contribution in [1.29, 1.82) is 0 Å². The first-order valence-corrected chi connectivity index (χ1v) is 5.44. The molecule has 92 valence electrons. The van der Waals surface area contributed by atoms with Gasteiger partial charge in [-0.1, -0.05) is 24.3 Å². The minimum absolute atomic E-state index is 0.254. The first-order chi connectivity index (χ1) is 8.56. The number of aliphatic carboxylic acids is 1. The molecule has 0 unspecified atom stereocenters. The van der Waals surface area contributed by atoms with Crippen molar-refractivity contribution in [3.8, 4) is 11.4 Å². The summed E-state index contributed by atoms with van der Waals surface area (Å²) < 4.78 is 0. The van der Waals surface area contributed by atoms with Gasteiger partial charge in [0, 0.05) is 11.6 Å². The Labute approximate surface area is 103 Å². The van der Waals surface area contributed by atoms with E-state index >= 15 is 0 Å². The fourth-order valence-electron chi connectivity index (χ4n) is 1.72. The molecule has 18 heavy (non-hydrogen) atoms. The van der Waals surface area contributed by atoms with E-state index in [1.54, 1.807) is 0 Å². The number of hydrogen-bond acceptors (Lipinski definition) is 3. The molecule has 0 radical (unpaired) electrons. The van der Waals surface area contributed by atoms with Gasteiger partial charge in [0.2, 0.25) is 0 Å². The second-order valence-corrected chi connectivity index (χ2v) is 3.97. The van der Waals surface area contributed by atoms with Crippen LogP contribution in [-0.2, 0) is 11.2 Å². The largest absolute Gasteiger partial charge is 0.481 e. The number of benzene rings is 1. The van der Waals surface area contributed by atoms with E-state index < -0.39 is 5.97 Å². The maximum Gasteiger partial charge on any atom is 0.309 e. The molecule has 0 spiro atoms. The summed E-state index contributed by atoms with van der Waals surface area (Å²) in [7, 11) is 0. The average Bonchev–Trinajstić information content (AvgIpc) is 2.27. The minimum atomic E-state index is -1.01. The maximum absolute atomic E-state index is 11.5. The topological polar surface area (TPSA) is 83.0 Å². The van der Waals surface area contributed by atoms with E-state index in [0.717, 1.165) is 11.1 Å². The summed E-state index contributed by atoms with van der Waals surface area (Å²) in [5, 5.41) is 8.72. The van der Waals surface area contributed by atoms with Crippen molar-refractivity contribution < 1.29 is 9.90 Å². The van der Waals surface area contributed by atoms with E-state index in [9.17, 15) is 9.59 Å². The lowest BCUT2D eigenvalue weighted by Gasteiger charge is -2.05. The number of carboxylic acids is 1. The minimum Gasteiger partial charge on any atom is -0.481 e. The molecule has 0 aliphatic heterocycles. The van der Waals surface area contributed by atoms with Crippen LogP contribution in [0.3, 0.4) is 0 Å². The third-order valence-electron chi connectivity index (χ3n) is 2.53. The smallest absolute Gasteiger partial charge is 0.309 e. The van der Waals surface area contributed by atoms with Crippen LogP contribution in [0.15, 0.2) is 35.1 Å². The highest BCUT2D eigenvalue weighted by atomic mass is 16.4. The Morgan fingerprint density at radius 3 is 2.78 bits per heavy atom. The van der Waals surface area contributed by atoms with Crippen molar-refractivity contribution in [3.05, 3.63) is 51.9 Å². The van der Waals surface area contributed by atoms with Gasteiger partial charge in [-0.15, -0.1) is 0 Å². The average molecular weight is 244 g/mol. The van der Waals surface area contributed by atoms with Crippen LogP contribution in [0.4, 0.5) is 0 Å². The van der Waals surface area contributed by atoms with Gasteiger partial charge in [-0.3, -0.25) is 9.59 Å². The molecule has 5 nitrogen and oxygen atoms in total. The zero-order valence-corrected chi connectivity index (χ0v) is 9.80. The number of aromatic amines is 1. The molecule has 2 aromatic rings. The first-order valence-electron chi connectivity index (χ1n) is 5.44. The van der Waals surface area contributed by atoms with Gasteiger partial charge in [0.15, 0.2) is 0 Å². The van der Waals surface area contributed by atoms with Gasteiger partial charge in [-0.05, 0) is 12.5 Å². The fraction of sp³-hybridized carbons (Fsp3) is 0.154. The SMILES string of the molecule is Cc1ccccc1-c1nc(CC(=O)O)cc(=O)[nH]1. The molecular formula is C13H12N2O3. The van der Waals surface area contributed by atoms with E-state index in [2.05, 4.69) is 9.97 Å². The number of nitrogens with one attached hydrogen (secondary N) is 1. The van der Waals surface area contributed by atoms with E-state index in [1.165, 1.54) is 6.07 Å². The standard InChI is InChI=1S/C13H12N2O3/c1-8-4-2-3-5-10(8)13-14-9(7-12(17)18)6-11(16)15-13/h2-6H,7H2,1H3,(H,17,18)(H,14,15,16). The molecule has 0 bridgehead atoms. The summed E-state index contributed by atoms with van der Waals surface area (Å²) in [5.41, 5.74) is 1.67. The number of aryl methyl sites for hydroxylation is 1. The van der Waals surface area contributed by atoms with Crippen LogP contribution in [0, 0.1) is 6.92 Å². The van der Waals surface area contributed by atoms with Gasteiger partial charge >= 0.3 is 5.97 Å². The van der Waals surface area contributed by atoms with E-state index in [-0.39, 0.29) is 17.7 Å². The summed E-state index contributed by atoms with van der Waals surface area (Å²) in [5.74, 6) is -0.610. The van der Waals surface area contributed by atoms with E-state index in [1.807, 2.05) is 31.2 Å². The molecule has 0 aliphatic carbocycles. The predicted molar refractivity (Wildman–Crippen MR) is 66.4 cm³/mol.